The van der Waals surface area contributed by atoms with Crippen LogP contribution in [0.25, 0.3) is 11.4 Å². The fourth-order valence-corrected chi connectivity index (χ4v) is 3.15. The van der Waals surface area contributed by atoms with Gasteiger partial charge in [0.1, 0.15) is 16.6 Å². The number of hydrogen-bond acceptors (Lipinski definition) is 5. The van der Waals surface area contributed by atoms with Crippen molar-refractivity contribution in [1.29, 1.82) is 5.26 Å². The topological polar surface area (TPSA) is 78.7 Å². The Kier molecular flexibility index (Phi) is 5.49. The predicted molar refractivity (Wildman–Crippen MR) is 94.5 cm³/mol. The van der Waals surface area contributed by atoms with Gasteiger partial charge in [-0.3, -0.25) is 15.1 Å². The van der Waals surface area contributed by atoms with E-state index in [2.05, 4.69) is 15.3 Å². The van der Waals surface area contributed by atoms with E-state index >= 15 is 0 Å². The molecule has 2 heterocycles. The number of nitrogens with zero attached hydrogens (tertiary/aromatic N) is 3. The zero-order valence-corrected chi connectivity index (χ0v) is 15.3. The van der Waals surface area contributed by atoms with Gasteiger partial charge in [-0.15, -0.1) is 0 Å². The number of aromatic nitrogens is 2. The van der Waals surface area contributed by atoms with Gasteiger partial charge in [0.25, 0.3) is 5.91 Å². The molecule has 5 nitrogen and oxygen atoms in total. The third-order valence-corrected chi connectivity index (χ3v) is 4.58. The van der Waals surface area contributed by atoms with Gasteiger partial charge in [-0.25, -0.2) is 4.98 Å². The van der Waals surface area contributed by atoms with Crippen LogP contribution in [-0.2, 0) is 12.4 Å². The first-order valence-corrected chi connectivity index (χ1v) is 8.74. The first-order valence-electron chi connectivity index (χ1n) is 7.92. The van der Waals surface area contributed by atoms with Crippen molar-refractivity contribution in [3.63, 3.8) is 0 Å². The minimum atomic E-state index is -5.09. The largest absolute Gasteiger partial charge is 0.416 e. The lowest BCUT2D eigenvalue weighted by Gasteiger charge is -2.13. The molecule has 0 fully saturated rings. The smallest absolute Gasteiger partial charge is 0.298 e. The van der Waals surface area contributed by atoms with Gasteiger partial charge in [0.05, 0.1) is 16.8 Å². The number of rotatable bonds is 3. The highest BCUT2D eigenvalue weighted by Crippen LogP contribution is 2.37. The number of carbonyl (C=O) groups excluding carboxylic acids is 1. The van der Waals surface area contributed by atoms with Gasteiger partial charge in [0, 0.05) is 11.8 Å². The molecule has 12 heteroatoms. The highest BCUT2D eigenvalue weighted by molar-refractivity contribution is 7.16. The average molecular weight is 442 g/mol. The standard InChI is InChI=1S/C18H8F6N4OS/c19-17(20,21)10-5-9(6-11(7-10)18(22,23)24)15(29)28-16-27-14(13(8-25)30-16)12-3-1-2-4-26-12/h1-7H,(H,27,28,29). The van der Waals surface area contributed by atoms with Crippen LogP contribution in [0.15, 0.2) is 42.6 Å². The number of carbonyl (C=O) groups is 1. The van der Waals surface area contributed by atoms with Crippen LogP contribution in [0.2, 0.25) is 0 Å². The molecule has 0 atom stereocenters. The molecule has 0 bridgehead atoms. The van der Waals surface area contributed by atoms with Crippen molar-refractivity contribution in [3.8, 4) is 17.5 Å². The Bertz CT molecular complexity index is 1100. The molecule has 0 aliphatic heterocycles. The van der Waals surface area contributed by atoms with E-state index in [1.54, 1.807) is 18.2 Å². The van der Waals surface area contributed by atoms with Gasteiger partial charge < -0.3 is 0 Å². The zero-order valence-electron chi connectivity index (χ0n) is 14.5. The lowest BCUT2D eigenvalue weighted by Crippen LogP contribution is -2.17. The molecule has 154 valence electrons. The Morgan fingerprint density at radius 1 is 1.03 bits per heavy atom. The van der Waals surface area contributed by atoms with Crippen molar-refractivity contribution >= 4 is 22.4 Å². The number of amides is 1. The summed E-state index contributed by atoms with van der Waals surface area (Å²) in [5.74, 6) is -1.24. The van der Waals surface area contributed by atoms with E-state index in [1.807, 2.05) is 6.07 Å². The van der Waals surface area contributed by atoms with Crippen LogP contribution in [0.5, 0.6) is 0 Å². The minimum Gasteiger partial charge on any atom is -0.298 e. The molecule has 30 heavy (non-hydrogen) atoms. The summed E-state index contributed by atoms with van der Waals surface area (Å²) >= 11 is 0.708. The molecule has 0 spiro atoms. The van der Waals surface area contributed by atoms with Gasteiger partial charge in [0.15, 0.2) is 5.13 Å². The summed E-state index contributed by atoms with van der Waals surface area (Å²) in [6, 6.07) is 7.19. The summed E-state index contributed by atoms with van der Waals surface area (Å²) in [6.45, 7) is 0. The Hall–Kier alpha value is -3.46. The van der Waals surface area contributed by atoms with Crippen molar-refractivity contribution in [2.24, 2.45) is 0 Å². The number of thiazole rings is 1. The molecule has 2 aromatic heterocycles. The number of halogens is 6. The van der Waals surface area contributed by atoms with E-state index in [4.69, 9.17) is 0 Å². The SMILES string of the molecule is N#Cc1sc(NC(=O)c2cc(C(F)(F)F)cc(C(F)(F)F)c2)nc1-c1ccccn1. The summed E-state index contributed by atoms with van der Waals surface area (Å²) in [5, 5.41) is 11.2. The van der Waals surface area contributed by atoms with E-state index in [0.29, 0.717) is 29.2 Å². The van der Waals surface area contributed by atoms with E-state index in [1.165, 1.54) is 6.20 Å². The molecule has 1 N–H and O–H groups in total. The van der Waals surface area contributed by atoms with Crippen LogP contribution < -0.4 is 5.32 Å². The molecular formula is C18H8F6N4OS. The summed E-state index contributed by atoms with van der Waals surface area (Å²) in [5.41, 5.74) is -3.66. The van der Waals surface area contributed by atoms with Crippen LogP contribution in [0.1, 0.15) is 26.4 Å². The number of pyridine rings is 1. The van der Waals surface area contributed by atoms with Gasteiger partial charge in [-0.05, 0) is 30.3 Å². The normalized spacial score (nSPS) is 11.8. The van der Waals surface area contributed by atoms with Gasteiger partial charge in [-0.1, -0.05) is 17.4 Å². The van der Waals surface area contributed by atoms with Crippen molar-refractivity contribution in [2.75, 3.05) is 5.32 Å². The van der Waals surface area contributed by atoms with E-state index in [-0.39, 0.29) is 21.8 Å². The number of alkyl halides is 6. The minimum absolute atomic E-state index is 0.0593. The van der Waals surface area contributed by atoms with Gasteiger partial charge in [0.2, 0.25) is 0 Å². The summed E-state index contributed by atoms with van der Waals surface area (Å²) < 4.78 is 77.8. The highest BCUT2D eigenvalue weighted by atomic mass is 32.1. The molecule has 1 amide bonds. The fraction of sp³-hybridized carbons (Fsp3) is 0.111. The second-order valence-electron chi connectivity index (χ2n) is 5.77. The first-order chi connectivity index (χ1) is 14.0. The molecule has 0 aliphatic carbocycles. The quantitative estimate of drug-likeness (QED) is 0.554. The Labute approximate surface area is 168 Å². The van der Waals surface area contributed by atoms with Crippen molar-refractivity contribution < 1.29 is 31.1 Å². The number of hydrogen-bond donors (Lipinski definition) is 1. The highest BCUT2D eigenvalue weighted by Gasteiger charge is 2.37. The number of nitriles is 1. The van der Waals surface area contributed by atoms with Crippen molar-refractivity contribution in [1.82, 2.24) is 9.97 Å². The molecule has 0 unspecified atom stereocenters. The predicted octanol–water partition coefficient (Wildman–Crippen LogP) is 5.37. The third kappa shape index (κ3) is 4.57. The lowest BCUT2D eigenvalue weighted by molar-refractivity contribution is -0.143. The Morgan fingerprint density at radius 2 is 1.67 bits per heavy atom. The number of benzene rings is 1. The van der Waals surface area contributed by atoms with Crippen LogP contribution in [-0.4, -0.2) is 15.9 Å². The molecule has 3 rings (SSSR count). The van der Waals surface area contributed by atoms with Gasteiger partial charge in [-0.2, -0.15) is 31.6 Å². The second-order valence-corrected chi connectivity index (χ2v) is 6.77. The van der Waals surface area contributed by atoms with Crippen LogP contribution in [0, 0.1) is 11.3 Å². The lowest BCUT2D eigenvalue weighted by atomic mass is 10.0. The first kappa shape index (κ1) is 21.3. The van der Waals surface area contributed by atoms with Gasteiger partial charge >= 0.3 is 12.4 Å². The number of nitrogens with one attached hydrogen (secondary N) is 1. The summed E-state index contributed by atoms with van der Waals surface area (Å²) in [4.78, 5) is 20.4. The number of anilines is 1. The van der Waals surface area contributed by atoms with Crippen molar-refractivity contribution in [3.05, 3.63) is 64.2 Å². The van der Waals surface area contributed by atoms with E-state index < -0.39 is 35.0 Å². The monoisotopic (exact) mass is 442 g/mol. The molecule has 1 aromatic carbocycles. The van der Waals surface area contributed by atoms with E-state index in [9.17, 15) is 36.4 Å². The van der Waals surface area contributed by atoms with Crippen LogP contribution >= 0.6 is 11.3 Å². The Balaban J connectivity index is 1.97. The second kappa shape index (κ2) is 7.75. The zero-order chi connectivity index (χ0) is 22.1. The molecular weight excluding hydrogens is 434 g/mol. The molecule has 0 radical (unpaired) electrons. The van der Waals surface area contributed by atoms with Crippen LogP contribution in [0.3, 0.4) is 0 Å². The Morgan fingerprint density at radius 3 is 2.17 bits per heavy atom. The third-order valence-electron chi connectivity index (χ3n) is 3.71. The molecule has 0 aliphatic rings. The molecule has 0 saturated carbocycles. The van der Waals surface area contributed by atoms with Crippen LogP contribution in [0.4, 0.5) is 31.5 Å². The molecule has 0 saturated heterocycles. The fourth-order valence-electron chi connectivity index (χ4n) is 2.38. The summed E-state index contributed by atoms with van der Waals surface area (Å²) in [7, 11) is 0. The average Bonchev–Trinajstić information content (AvgIpc) is 3.09. The molecule has 3 aromatic rings. The maximum atomic E-state index is 13.0. The summed E-state index contributed by atoms with van der Waals surface area (Å²) in [6.07, 6.45) is -8.73. The maximum absolute atomic E-state index is 13.0. The van der Waals surface area contributed by atoms with E-state index in [0.717, 1.165) is 0 Å². The van der Waals surface area contributed by atoms with Crippen molar-refractivity contribution in [2.45, 2.75) is 12.4 Å². The maximum Gasteiger partial charge on any atom is 0.416 e.